The van der Waals surface area contributed by atoms with E-state index in [-0.39, 0.29) is 0 Å². The number of hydrogen-bond donors (Lipinski definition) is 1. The number of benzene rings is 2. The van der Waals surface area contributed by atoms with E-state index in [0.717, 1.165) is 18.2 Å². The molecule has 4 nitrogen and oxygen atoms in total. The van der Waals surface area contributed by atoms with Gasteiger partial charge in [-0.2, -0.15) is 13.2 Å². The molecule has 8 heteroatoms. The van der Waals surface area contributed by atoms with Crippen LogP contribution >= 0.6 is 11.6 Å². The number of rotatable bonds is 5. The molecule has 0 radical (unpaired) electrons. The molecule has 1 N–H and O–H groups in total. The second-order valence-electron chi connectivity index (χ2n) is 5.52. The third kappa shape index (κ3) is 6.14. The summed E-state index contributed by atoms with van der Waals surface area (Å²) in [5, 5.41) is 3.06. The van der Waals surface area contributed by atoms with Gasteiger partial charge in [-0.25, -0.2) is 4.79 Å². The lowest BCUT2D eigenvalue weighted by atomic mass is 10.1. The van der Waals surface area contributed by atoms with Crippen LogP contribution in [-0.4, -0.2) is 18.5 Å². The molecule has 0 heterocycles. The molecule has 142 valence electrons. The molecule has 0 aliphatic rings. The van der Waals surface area contributed by atoms with E-state index < -0.39 is 30.2 Å². The number of nitrogens with one attached hydrogen (secondary N) is 1. The van der Waals surface area contributed by atoms with Crippen LogP contribution in [0.3, 0.4) is 0 Å². The average Bonchev–Trinajstić information content (AvgIpc) is 2.61. The Hall–Kier alpha value is -2.80. The minimum Gasteiger partial charge on any atom is -0.452 e. The van der Waals surface area contributed by atoms with Crippen LogP contribution < -0.4 is 5.32 Å². The Kier molecular flexibility index (Phi) is 6.63. The molecule has 2 rings (SSSR count). The van der Waals surface area contributed by atoms with Crippen LogP contribution in [0, 0.1) is 6.92 Å². The fraction of sp³-hybridized carbons (Fsp3) is 0.158. The second kappa shape index (κ2) is 8.73. The molecule has 0 spiro atoms. The van der Waals surface area contributed by atoms with Gasteiger partial charge in [0.15, 0.2) is 6.61 Å². The van der Waals surface area contributed by atoms with E-state index in [4.69, 9.17) is 16.3 Å². The molecule has 0 saturated carbocycles. The SMILES string of the molecule is Cc1c(Cl)cccc1NC(=O)COC(=O)/C=C/c1ccc(C(F)(F)F)cc1. The normalized spacial score (nSPS) is 11.4. The van der Waals surface area contributed by atoms with Gasteiger partial charge in [-0.1, -0.05) is 29.8 Å². The van der Waals surface area contributed by atoms with Crippen molar-refractivity contribution in [1.29, 1.82) is 0 Å². The number of amides is 1. The van der Waals surface area contributed by atoms with Crippen molar-refractivity contribution in [2.75, 3.05) is 11.9 Å². The zero-order chi connectivity index (χ0) is 20.0. The summed E-state index contributed by atoms with van der Waals surface area (Å²) in [5.74, 6) is -1.34. The first-order valence-electron chi connectivity index (χ1n) is 7.74. The highest BCUT2D eigenvalue weighted by Gasteiger charge is 2.29. The minimum atomic E-state index is -4.42. The standard InChI is InChI=1S/C19H15ClF3NO3/c1-12-15(20)3-2-4-16(12)24-17(25)11-27-18(26)10-7-13-5-8-14(9-6-13)19(21,22)23/h2-10H,11H2,1H3,(H,24,25)/b10-7+. The lowest BCUT2D eigenvalue weighted by Gasteiger charge is -2.09. The van der Waals surface area contributed by atoms with Gasteiger partial charge in [-0.3, -0.25) is 4.79 Å². The van der Waals surface area contributed by atoms with Crippen LogP contribution in [0.4, 0.5) is 18.9 Å². The van der Waals surface area contributed by atoms with E-state index in [1.165, 1.54) is 18.2 Å². The largest absolute Gasteiger partial charge is 0.452 e. The van der Waals surface area contributed by atoms with Crippen LogP contribution in [0.15, 0.2) is 48.5 Å². The summed E-state index contributed by atoms with van der Waals surface area (Å²) in [6, 6.07) is 9.27. The Balaban J connectivity index is 1.85. The van der Waals surface area contributed by atoms with E-state index in [1.807, 2.05) is 0 Å². The van der Waals surface area contributed by atoms with Crippen LogP contribution in [-0.2, 0) is 20.5 Å². The molecule has 0 unspecified atom stereocenters. The highest BCUT2D eigenvalue weighted by molar-refractivity contribution is 6.31. The maximum Gasteiger partial charge on any atom is 0.416 e. The zero-order valence-corrected chi connectivity index (χ0v) is 14.9. The molecule has 0 fully saturated rings. The van der Waals surface area contributed by atoms with Gasteiger partial charge in [-0.05, 0) is 48.4 Å². The summed E-state index contributed by atoms with van der Waals surface area (Å²) in [7, 11) is 0. The van der Waals surface area contributed by atoms with E-state index in [9.17, 15) is 22.8 Å². The first-order valence-corrected chi connectivity index (χ1v) is 8.11. The van der Waals surface area contributed by atoms with Crippen molar-refractivity contribution in [1.82, 2.24) is 0 Å². The summed E-state index contributed by atoms with van der Waals surface area (Å²) in [6.45, 7) is 1.22. The predicted molar refractivity (Wildman–Crippen MR) is 96.3 cm³/mol. The Labute approximate surface area is 158 Å². The number of halogens is 4. The summed E-state index contributed by atoms with van der Waals surface area (Å²) in [6.07, 6.45) is -2.10. The first kappa shape index (κ1) is 20.5. The summed E-state index contributed by atoms with van der Waals surface area (Å²) in [4.78, 5) is 23.5. The number of ether oxygens (including phenoxy) is 1. The van der Waals surface area contributed by atoms with Gasteiger partial charge in [0.05, 0.1) is 5.56 Å². The molecule has 0 atom stereocenters. The van der Waals surface area contributed by atoms with E-state index in [2.05, 4.69) is 5.32 Å². The van der Waals surface area contributed by atoms with Gasteiger partial charge in [0.1, 0.15) is 0 Å². The molecular formula is C19H15ClF3NO3. The number of esters is 1. The topological polar surface area (TPSA) is 55.4 Å². The van der Waals surface area contributed by atoms with E-state index in [0.29, 0.717) is 21.8 Å². The third-order valence-corrected chi connectivity index (χ3v) is 3.95. The van der Waals surface area contributed by atoms with Crippen LogP contribution in [0.1, 0.15) is 16.7 Å². The smallest absolute Gasteiger partial charge is 0.416 e. The van der Waals surface area contributed by atoms with E-state index >= 15 is 0 Å². The average molecular weight is 398 g/mol. The van der Waals surface area contributed by atoms with Crippen LogP contribution in [0.5, 0.6) is 0 Å². The Morgan fingerprint density at radius 2 is 1.81 bits per heavy atom. The van der Waals surface area contributed by atoms with Gasteiger partial charge in [0.2, 0.25) is 0 Å². The van der Waals surface area contributed by atoms with Gasteiger partial charge < -0.3 is 10.1 Å². The fourth-order valence-corrected chi connectivity index (χ4v) is 2.24. The van der Waals surface area contributed by atoms with Gasteiger partial charge in [0.25, 0.3) is 5.91 Å². The second-order valence-corrected chi connectivity index (χ2v) is 5.93. The Bertz CT molecular complexity index is 861. The molecular weight excluding hydrogens is 383 g/mol. The van der Waals surface area contributed by atoms with Crippen LogP contribution in [0.2, 0.25) is 5.02 Å². The fourth-order valence-electron chi connectivity index (χ4n) is 2.06. The number of anilines is 1. The van der Waals surface area contributed by atoms with Crippen LogP contribution in [0.25, 0.3) is 6.08 Å². The molecule has 0 aliphatic heterocycles. The van der Waals surface area contributed by atoms with Crippen molar-refractivity contribution in [3.05, 3.63) is 70.3 Å². The molecule has 2 aromatic rings. The molecule has 2 aromatic carbocycles. The molecule has 0 bridgehead atoms. The van der Waals surface area contributed by atoms with Gasteiger partial charge in [0, 0.05) is 16.8 Å². The molecule has 1 amide bonds. The third-order valence-electron chi connectivity index (χ3n) is 3.54. The first-order chi connectivity index (χ1) is 12.7. The van der Waals surface area contributed by atoms with Crippen molar-refractivity contribution in [2.45, 2.75) is 13.1 Å². The molecule has 0 aromatic heterocycles. The maximum absolute atomic E-state index is 12.5. The predicted octanol–water partition coefficient (Wildman–Crippen LogP) is 4.86. The molecule has 0 saturated heterocycles. The quantitative estimate of drug-likeness (QED) is 0.579. The Morgan fingerprint density at radius 3 is 2.44 bits per heavy atom. The van der Waals surface area contributed by atoms with Crippen molar-refractivity contribution in [3.8, 4) is 0 Å². The highest BCUT2D eigenvalue weighted by Crippen LogP contribution is 2.29. The number of carbonyl (C=O) groups excluding carboxylic acids is 2. The van der Waals surface area contributed by atoms with Crippen molar-refractivity contribution >= 4 is 35.2 Å². The Morgan fingerprint density at radius 1 is 1.15 bits per heavy atom. The lowest BCUT2D eigenvalue weighted by Crippen LogP contribution is -2.20. The zero-order valence-electron chi connectivity index (χ0n) is 14.1. The van der Waals surface area contributed by atoms with E-state index in [1.54, 1.807) is 25.1 Å². The summed E-state index contributed by atoms with van der Waals surface area (Å²) in [5.41, 5.74) is 0.791. The van der Waals surface area contributed by atoms with Gasteiger partial charge >= 0.3 is 12.1 Å². The number of alkyl halides is 3. The monoisotopic (exact) mass is 397 g/mol. The lowest BCUT2D eigenvalue weighted by molar-refractivity contribution is -0.142. The maximum atomic E-state index is 12.5. The van der Waals surface area contributed by atoms with Crippen molar-refractivity contribution < 1.29 is 27.5 Å². The molecule has 0 aliphatic carbocycles. The van der Waals surface area contributed by atoms with Crippen molar-refractivity contribution in [3.63, 3.8) is 0 Å². The summed E-state index contributed by atoms with van der Waals surface area (Å²) >= 11 is 5.95. The number of hydrogen-bond acceptors (Lipinski definition) is 3. The van der Waals surface area contributed by atoms with Gasteiger partial charge in [-0.15, -0.1) is 0 Å². The minimum absolute atomic E-state index is 0.388. The highest BCUT2D eigenvalue weighted by atomic mass is 35.5. The number of carbonyl (C=O) groups is 2. The van der Waals surface area contributed by atoms with Crippen molar-refractivity contribution in [2.24, 2.45) is 0 Å². The summed E-state index contributed by atoms with van der Waals surface area (Å²) < 4.78 is 42.2. The molecule has 27 heavy (non-hydrogen) atoms.